The lowest BCUT2D eigenvalue weighted by Gasteiger charge is -2.34. The zero-order valence-corrected chi connectivity index (χ0v) is 12.2. The Labute approximate surface area is 123 Å². The van der Waals surface area contributed by atoms with E-state index in [1.807, 2.05) is 24.0 Å². The third-order valence-corrected chi connectivity index (χ3v) is 3.85. The maximum Gasteiger partial charge on any atom is 0.272 e. The van der Waals surface area contributed by atoms with Gasteiger partial charge in [0, 0.05) is 38.9 Å². The van der Waals surface area contributed by atoms with Crippen molar-refractivity contribution in [3.05, 3.63) is 42.1 Å². The second-order valence-corrected chi connectivity index (χ2v) is 5.18. The molecule has 6 nitrogen and oxygen atoms in total. The molecule has 1 aliphatic heterocycles. The van der Waals surface area contributed by atoms with Crippen molar-refractivity contribution in [3.63, 3.8) is 0 Å². The van der Waals surface area contributed by atoms with E-state index >= 15 is 0 Å². The van der Waals surface area contributed by atoms with Crippen LogP contribution in [-0.4, -0.2) is 51.7 Å². The number of amides is 1. The van der Waals surface area contributed by atoms with E-state index in [9.17, 15) is 4.79 Å². The minimum Gasteiger partial charge on any atom is -0.468 e. The molecule has 1 fully saturated rings. The summed E-state index contributed by atoms with van der Waals surface area (Å²) in [6, 6.07) is 5.68. The van der Waals surface area contributed by atoms with E-state index < -0.39 is 0 Å². The Morgan fingerprint density at radius 1 is 1.29 bits per heavy atom. The summed E-state index contributed by atoms with van der Waals surface area (Å²) in [5.74, 6) is 1.05. The zero-order chi connectivity index (χ0) is 14.7. The van der Waals surface area contributed by atoms with Gasteiger partial charge in [0.05, 0.1) is 12.8 Å². The highest BCUT2D eigenvalue weighted by Crippen LogP contribution is 2.12. The summed E-state index contributed by atoms with van der Waals surface area (Å²) in [6.45, 7) is 6.74. The molecule has 3 heterocycles. The number of nitrogens with zero attached hydrogens (tertiary/aromatic N) is 4. The smallest absolute Gasteiger partial charge is 0.272 e. The molecule has 1 saturated heterocycles. The van der Waals surface area contributed by atoms with Crippen molar-refractivity contribution in [1.29, 1.82) is 0 Å². The molecule has 0 bridgehead atoms. The molecule has 0 saturated carbocycles. The van der Waals surface area contributed by atoms with Gasteiger partial charge in [0.15, 0.2) is 0 Å². The van der Waals surface area contributed by atoms with Crippen LogP contribution < -0.4 is 0 Å². The molecule has 0 unspecified atom stereocenters. The van der Waals surface area contributed by atoms with E-state index in [1.165, 1.54) is 0 Å². The monoisotopic (exact) mass is 288 g/mol. The molecule has 0 radical (unpaired) electrons. The molecular formula is C15H20N4O2. The van der Waals surface area contributed by atoms with E-state index in [1.54, 1.807) is 23.2 Å². The number of aromatic nitrogens is 2. The Kier molecular flexibility index (Phi) is 4.06. The fourth-order valence-corrected chi connectivity index (χ4v) is 2.66. The maximum absolute atomic E-state index is 12.5. The molecule has 0 spiro atoms. The van der Waals surface area contributed by atoms with Gasteiger partial charge in [-0.25, -0.2) is 0 Å². The molecule has 1 amide bonds. The van der Waals surface area contributed by atoms with Crippen LogP contribution in [0, 0.1) is 0 Å². The predicted octanol–water partition coefficient (Wildman–Crippen LogP) is 1.45. The van der Waals surface area contributed by atoms with Crippen LogP contribution in [0.5, 0.6) is 0 Å². The van der Waals surface area contributed by atoms with Crippen molar-refractivity contribution in [1.82, 2.24) is 19.6 Å². The van der Waals surface area contributed by atoms with E-state index in [0.29, 0.717) is 12.2 Å². The fourth-order valence-electron chi connectivity index (χ4n) is 2.66. The Balaban J connectivity index is 1.57. The van der Waals surface area contributed by atoms with Gasteiger partial charge < -0.3 is 9.32 Å². The highest BCUT2D eigenvalue weighted by molar-refractivity contribution is 5.92. The number of carbonyl (C=O) groups is 1. The molecule has 112 valence electrons. The minimum absolute atomic E-state index is 0.0759. The number of hydrogen-bond donors (Lipinski definition) is 0. The number of hydrogen-bond acceptors (Lipinski definition) is 4. The molecule has 1 aliphatic rings. The second-order valence-electron chi connectivity index (χ2n) is 5.18. The summed E-state index contributed by atoms with van der Waals surface area (Å²) in [6.07, 6.45) is 3.38. The standard InChI is InChI=1S/C15H20N4O2/c1-2-19-14(5-6-16-19)15(20)18-9-7-17(8-10-18)12-13-4-3-11-21-13/h3-6,11H,2,7-10,12H2,1H3. The van der Waals surface area contributed by atoms with E-state index in [0.717, 1.165) is 38.5 Å². The molecular weight excluding hydrogens is 268 g/mol. The maximum atomic E-state index is 12.5. The van der Waals surface area contributed by atoms with Crippen molar-refractivity contribution in [2.75, 3.05) is 26.2 Å². The van der Waals surface area contributed by atoms with Crippen LogP contribution >= 0.6 is 0 Å². The van der Waals surface area contributed by atoms with Gasteiger partial charge in [-0.15, -0.1) is 0 Å². The lowest BCUT2D eigenvalue weighted by Crippen LogP contribution is -2.48. The first-order chi connectivity index (χ1) is 10.3. The Morgan fingerprint density at radius 3 is 2.76 bits per heavy atom. The molecule has 0 aromatic carbocycles. The van der Waals surface area contributed by atoms with Gasteiger partial charge >= 0.3 is 0 Å². The van der Waals surface area contributed by atoms with Crippen LogP contribution in [0.15, 0.2) is 35.1 Å². The number of furan rings is 1. The fraction of sp³-hybridized carbons (Fsp3) is 0.467. The van der Waals surface area contributed by atoms with Crippen LogP contribution in [0.2, 0.25) is 0 Å². The van der Waals surface area contributed by atoms with Gasteiger partial charge in [0.2, 0.25) is 0 Å². The van der Waals surface area contributed by atoms with Crippen LogP contribution in [0.3, 0.4) is 0 Å². The van der Waals surface area contributed by atoms with Crippen LogP contribution in [0.1, 0.15) is 23.2 Å². The second kappa shape index (κ2) is 6.13. The van der Waals surface area contributed by atoms with Crippen molar-refractivity contribution in [3.8, 4) is 0 Å². The van der Waals surface area contributed by atoms with Gasteiger partial charge in [-0.3, -0.25) is 14.4 Å². The molecule has 21 heavy (non-hydrogen) atoms. The third kappa shape index (κ3) is 3.00. The van der Waals surface area contributed by atoms with Crippen LogP contribution in [0.25, 0.3) is 0 Å². The van der Waals surface area contributed by atoms with Gasteiger partial charge in [-0.05, 0) is 25.1 Å². The molecule has 2 aromatic rings. The zero-order valence-electron chi connectivity index (χ0n) is 12.2. The van der Waals surface area contributed by atoms with Gasteiger partial charge in [0.1, 0.15) is 11.5 Å². The average Bonchev–Trinajstić information content (AvgIpc) is 3.18. The lowest BCUT2D eigenvalue weighted by molar-refractivity contribution is 0.0608. The molecule has 3 rings (SSSR count). The number of aryl methyl sites for hydroxylation is 1. The lowest BCUT2D eigenvalue weighted by atomic mass is 10.2. The summed E-state index contributed by atoms with van der Waals surface area (Å²) >= 11 is 0. The topological polar surface area (TPSA) is 54.5 Å². The molecule has 0 N–H and O–H groups in total. The van der Waals surface area contributed by atoms with E-state index in [2.05, 4.69) is 10.00 Å². The Morgan fingerprint density at radius 2 is 2.10 bits per heavy atom. The van der Waals surface area contributed by atoms with Crippen molar-refractivity contribution in [2.45, 2.75) is 20.0 Å². The Bertz CT molecular complexity index is 583. The largest absolute Gasteiger partial charge is 0.468 e. The third-order valence-electron chi connectivity index (χ3n) is 3.85. The first kappa shape index (κ1) is 13.9. The number of rotatable bonds is 4. The van der Waals surface area contributed by atoms with Gasteiger partial charge in [0.25, 0.3) is 5.91 Å². The Hall–Kier alpha value is -2.08. The summed E-state index contributed by atoms with van der Waals surface area (Å²) < 4.78 is 7.11. The summed E-state index contributed by atoms with van der Waals surface area (Å²) in [5, 5.41) is 4.16. The summed E-state index contributed by atoms with van der Waals surface area (Å²) in [5.41, 5.74) is 0.678. The quantitative estimate of drug-likeness (QED) is 0.854. The molecule has 2 aromatic heterocycles. The summed E-state index contributed by atoms with van der Waals surface area (Å²) in [7, 11) is 0. The average molecular weight is 288 g/mol. The van der Waals surface area contributed by atoms with Crippen molar-refractivity contribution < 1.29 is 9.21 Å². The van der Waals surface area contributed by atoms with Gasteiger partial charge in [-0.2, -0.15) is 5.10 Å². The van der Waals surface area contributed by atoms with Crippen molar-refractivity contribution in [2.24, 2.45) is 0 Å². The minimum atomic E-state index is 0.0759. The van der Waals surface area contributed by atoms with Crippen molar-refractivity contribution >= 4 is 5.91 Å². The summed E-state index contributed by atoms with van der Waals surface area (Å²) in [4.78, 5) is 16.7. The van der Waals surface area contributed by atoms with Gasteiger partial charge in [-0.1, -0.05) is 0 Å². The first-order valence-corrected chi connectivity index (χ1v) is 7.33. The van der Waals surface area contributed by atoms with Crippen LogP contribution in [-0.2, 0) is 13.1 Å². The first-order valence-electron chi connectivity index (χ1n) is 7.33. The molecule has 6 heteroatoms. The predicted molar refractivity (Wildman–Crippen MR) is 77.8 cm³/mol. The number of carbonyl (C=O) groups excluding carboxylic acids is 1. The van der Waals surface area contributed by atoms with E-state index in [-0.39, 0.29) is 5.91 Å². The molecule has 0 atom stereocenters. The SMILES string of the molecule is CCn1nccc1C(=O)N1CCN(Cc2ccco2)CC1. The normalized spacial score (nSPS) is 16.3. The van der Waals surface area contributed by atoms with Crippen LogP contribution in [0.4, 0.5) is 0 Å². The van der Waals surface area contributed by atoms with E-state index in [4.69, 9.17) is 4.42 Å². The number of piperazine rings is 1. The highest BCUT2D eigenvalue weighted by Gasteiger charge is 2.24. The highest BCUT2D eigenvalue weighted by atomic mass is 16.3. The molecule has 0 aliphatic carbocycles.